The van der Waals surface area contributed by atoms with E-state index in [0.717, 1.165) is 38.0 Å². The van der Waals surface area contributed by atoms with Gasteiger partial charge in [0.2, 0.25) is 0 Å². The molecule has 4 atom stereocenters. The van der Waals surface area contributed by atoms with Gasteiger partial charge < -0.3 is 24.6 Å². The van der Waals surface area contributed by atoms with Crippen molar-refractivity contribution in [2.24, 2.45) is 0 Å². The highest BCUT2D eigenvalue weighted by Crippen LogP contribution is 2.41. The SMILES string of the molecule is OC[C@H]1OC(n2c3ccccc3c3ccc4c5ccccc5ccc4c32)[C@H](O)[C@@H]1O. The molecule has 0 bridgehead atoms. The van der Waals surface area contributed by atoms with Crippen molar-refractivity contribution in [1.29, 1.82) is 0 Å². The molecule has 0 aliphatic carbocycles. The Hall–Kier alpha value is -2.96. The third-order valence-electron chi connectivity index (χ3n) is 6.36. The van der Waals surface area contributed by atoms with Crippen LogP contribution < -0.4 is 0 Å². The average Bonchev–Trinajstić information content (AvgIpc) is 3.27. The van der Waals surface area contributed by atoms with E-state index in [-0.39, 0.29) is 6.61 Å². The van der Waals surface area contributed by atoms with Crippen molar-refractivity contribution < 1.29 is 20.1 Å². The molecule has 2 heterocycles. The zero-order valence-electron chi connectivity index (χ0n) is 16.1. The van der Waals surface area contributed by atoms with Gasteiger partial charge >= 0.3 is 0 Å². The summed E-state index contributed by atoms with van der Waals surface area (Å²) in [5.74, 6) is 0. The number of fused-ring (bicyclic) bond motifs is 7. The van der Waals surface area contributed by atoms with Crippen LogP contribution in [0.5, 0.6) is 0 Å². The van der Waals surface area contributed by atoms with Crippen molar-refractivity contribution in [3.8, 4) is 0 Å². The molecule has 5 nitrogen and oxygen atoms in total. The molecule has 4 aromatic carbocycles. The summed E-state index contributed by atoms with van der Waals surface area (Å²) in [4.78, 5) is 0. The van der Waals surface area contributed by atoms with Crippen LogP contribution in [0.1, 0.15) is 6.23 Å². The number of aliphatic hydroxyl groups excluding tert-OH is 3. The molecule has 1 unspecified atom stereocenters. The number of para-hydroxylation sites is 1. The molecule has 1 saturated heterocycles. The fourth-order valence-electron chi connectivity index (χ4n) is 4.94. The van der Waals surface area contributed by atoms with Crippen LogP contribution >= 0.6 is 0 Å². The first-order valence-corrected chi connectivity index (χ1v) is 10.1. The lowest BCUT2D eigenvalue weighted by molar-refractivity contribution is -0.0486. The minimum absolute atomic E-state index is 0.350. The van der Waals surface area contributed by atoms with Crippen LogP contribution in [0.25, 0.3) is 43.4 Å². The maximum atomic E-state index is 10.8. The number of aromatic nitrogens is 1. The minimum atomic E-state index is -1.15. The van der Waals surface area contributed by atoms with Crippen LogP contribution in [-0.4, -0.2) is 44.8 Å². The van der Waals surface area contributed by atoms with Crippen molar-refractivity contribution in [3.05, 3.63) is 72.8 Å². The topological polar surface area (TPSA) is 74.9 Å². The van der Waals surface area contributed by atoms with Gasteiger partial charge in [-0.2, -0.15) is 0 Å². The quantitative estimate of drug-likeness (QED) is 0.396. The van der Waals surface area contributed by atoms with E-state index in [4.69, 9.17) is 4.74 Å². The Labute approximate surface area is 172 Å². The van der Waals surface area contributed by atoms with Crippen LogP contribution in [0.2, 0.25) is 0 Å². The maximum Gasteiger partial charge on any atom is 0.163 e. The van der Waals surface area contributed by atoms with E-state index in [1.54, 1.807) is 0 Å². The number of ether oxygens (including phenoxy) is 1. The van der Waals surface area contributed by atoms with Crippen LogP contribution in [0.15, 0.2) is 72.8 Å². The number of hydrogen-bond acceptors (Lipinski definition) is 4. The molecule has 5 heteroatoms. The van der Waals surface area contributed by atoms with Gasteiger partial charge in [-0.05, 0) is 22.2 Å². The number of nitrogens with zero attached hydrogens (tertiary/aromatic N) is 1. The summed E-state index contributed by atoms with van der Waals surface area (Å²) in [6.45, 7) is -0.350. The number of benzene rings is 4. The second-order valence-electron chi connectivity index (χ2n) is 7.96. The first kappa shape index (κ1) is 17.9. The Morgan fingerprint density at radius 3 is 2.17 bits per heavy atom. The Kier molecular flexibility index (Phi) is 3.88. The predicted octanol–water partition coefficient (Wildman–Crippen LogP) is 3.71. The highest BCUT2D eigenvalue weighted by atomic mass is 16.6. The minimum Gasteiger partial charge on any atom is -0.394 e. The zero-order valence-corrected chi connectivity index (χ0v) is 16.1. The monoisotopic (exact) mass is 399 g/mol. The predicted molar refractivity (Wildman–Crippen MR) is 117 cm³/mol. The molecule has 0 saturated carbocycles. The van der Waals surface area contributed by atoms with Gasteiger partial charge in [-0.15, -0.1) is 0 Å². The lowest BCUT2D eigenvalue weighted by atomic mass is 9.99. The summed E-state index contributed by atoms with van der Waals surface area (Å²) >= 11 is 0. The molecular weight excluding hydrogens is 378 g/mol. The third-order valence-corrected chi connectivity index (χ3v) is 6.36. The third kappa shape index (κ3) is 2.32. The van der Waals surface area contributed by atoms with Crippen molar-refractivity contribution in [3.63, 3.8) is 0 Å². The lowest BCUT2D eigenvalue weighted by Crippen LogP contribution is -2.33. The molecule has 0 radical (unpaired) electrons. The summed E-state index contributed by atoms with van der Waals surface area (Å²) in [5.41, 5.74) is 1.87. The summed E-state index contributed by atoms with van der Waals surface area (Å²) < 4.78 is 7.92. The summed E-state index contributed by atoms with van der Waals surface area (Å²) in [6, 6.07) is 24.8. The molecule has 30 heavy (non-hydrogen) atoms. The van der Waals surface area contributed by atoms with E-state index in [1.807, 2.05) is 34.9 Å². The Bertz CT molecular complexity index is 1420. The van der Waals surface area contributed by atoms with Gasteiger partial charge in [0.1, 0.15) is 18.3 Å². The van der Waals surface area contributed by atoms with E-state index in [9.17, 15) is 15.3 Å². The van der Waals surface area contributed by atoms with Crippen molar-refractivity contribution in [2.45, 2.75) is 24.5 Å². The smallest absolute Gasteiger partial charge is 0.163 e. The summed E-state index contributed by atoms with van der Waals surface area (Å²) in [5, 5.41) is 37.4. The lowest BCUT2D eigenvalue weighted by Gasteiger charge is -2.20. The summed E-state index contributed by atoms with van der Waals surface area (Å²) in [6.07, 6.45) is -3.91. The molecular formula is C25H21NO4. The maximum absolute atomic E-state index is 10.8. The van der Waals surface area contributed by atoms with Gasteiger partial charge in [-0.3, -0.25) is 0 Å². The number of aliphatic hydroxyl groups is 3. The molecule has 5 aromatic rings. The van der Waals surface area contributed by atoms with Crippen LogP contribution in [0.3, 0.4) is 0 Å². The standard InChI is InChI=1S/C25H21NO4/c27-13-21-23(28)24(29)25(30-21)26-20-8-4-3-7-17(20)19-12-11-16-15-6-2-1-5-14(15)9-10-18(16)22(19)26/h1-12,21,23-25,27-29H,13H2/t21-,23-,24-,25?/m1/s1. The van der Waals surface area contributed by atoms with Crippen molar-refractivity contribution in [1.82, 2.24) is 4.57 Å². The van der Waals surface area contributed by atoms with E-state index in [0.29, 0.717) is 0 Å². The van der Waals surface area contributed by atoms with Crippen LogP contribution in [0, 0.1) is 0 Å². The van der Waals surface area contributed by atoms with Gasteiger partial charge in [-0.1, -0.05) is 66.7 Å². The van der Waals surface area contributed by atoms with Crippen molar-refractivity contribution >= 4 is 43.4 Å². The van der Waals surface area contributed by atoms with Gasteiger partial charge in [0.05, 0.1) is 17.6 Å². The highest BCUT2D eigenvalue weighted by Gasteiger charge is 2.44. The molecule has 3 N–H and O–H groups in total. The first-order valence-electron chi connectivity index (χ1n) is 10.1. The number of rotatable bonds is 2. The number of hydrogen-bond donors (Lipinski definition) is 3. The summed E-state index contributed by atoms with van der Waals surface area (Å²) in [7, 11) is 0. The van der Waals surface area contributed by atoms with Crippen LogP contribution in [0.4, 0.5) is 0 Å². The van der Waals surface area contributed by atoms with E-state index in [1.165, 1.54) is 5.39 Å². The van der Waals surface area contributed by atoms with Gasteiger partial charge in [0.25, 0.3) is 0 Å². The van der Waals surface area contributed by atoms with E-state index < -0.39 is 24.5 Å². The van der Waals surface area contributed by atoms with Gasteiger partial charge in [0.15, 0.2) is 6.23 Å². The zero-order chi connectivity index (χ0) is 20.4. The highest BCUT2D eigenvalue weighted by molar-refractivity contribution is 6.22. The first-order chi connectivity index (χ1) is 14.7. The van der Waals surface area contributed by atoms with E-state index >= 15 is 0 Å². The Morgan fingerprint density at radius 1 is 0.700 bits per heavy atom. The molecule has 0 amide bonds. The molecule has 6 rings (SSSR count). The second kappa shape index (κ2) is 6.52. The molecule has 1 aliphatic heterocycles. The van der Waals surface area contributed by atoms with Gasteiger partial charge in [0, 0.05) is 16.2 Å². The van der Waals surface area contributed by atoms with E-state index in [2.05, 4.69) is 42.5 Å². The Balaban J connectivity index is 1.75. The molecule has 1 aromatic heterocycles. The molecule has 1 aliphatic rings. The molecule has 0 spiro atoms. The second-order valence-corrected chi connectivity index (χ2v) is 7.96. The Morgan fingerprint density at radius 2 is 1.37 bits per heavy atom. The van der Waals surface area contributed by atoms with Gasteiger partial charge in [-0.25, -0.2) is 0 Å². The largest absolute Gasteiger partial charge is 0.394 e. The molecule has 1 fully saturated rings. The molecule has 150 valence electrons. The normalized spacial score (nSPS) is 24.5. The van der Waals surface area contributed by atoms with Crippen molar-refractivity contribution in [2.75, 3.05) is 6.61 Å². The fourth-order valence-corrected chi connectivity index (χ4v) is 4.94. The average molecular weight is 399 g/mol. The fraction of sp³-hybridized carbons (Fsp3) is 0.200. The van der Waals surface area contributed by atoms with Crippen LogP contribution in [-0.2, 0) is 4.74 Å².